The summed E-state index contributed by atoms with van der Waals surface area (Å²) in [7, 11) is 0. The fourth-order valence-corrected chi connectivity index (χ4v) is 1.91. The molecule has 0 aromatic carbocycles. The van der Waals surface area contributed by atoms with Gasteiger partial charge in [0.15, 0.2) is 0 Å². The van der Waals surface area contributed by atoms with Crippen molar-refractivity contribution >= 4 is 21.9 Å². The first-order valence-corrected chi connectivity index (χ1v) is 5.91. The molecule has 1 atom stereocenters. The molecular formula is C10H14BrN3O. The van der Waals surface area contributed by atoms with Crippen LogP contribution in [0.4, 0.5) is 5.95 Å². The van der Waals surface area contributed by atoms with Crippen LogP contribution in [0.15, 0.2) is 10.7 Å². The highest BCUT2D eigenvalue weighted by Crippen LogP contribution is 2.33. The Bertz CT molecular complexity index is 355. The Morgan fingerprint density at radius 2 is 2.33 bits per heavy atom. The lowest BCUT2D eigenvalue weighted by Gasteiger charge is -2.31. The lowest BCUT2D eigenvalue weighted by atomic mass is 9.82. The van der Waals surface area contributed by atoms with E-state index in [1.807, 2.05) is 0 Å². The van der Waals surface area contributed by atoms with E-state index in [4.69, 9.17) is 10.5 Å². The summed E-state index contributed by atoms with van der Waals surface area (Å²) in [6, 6.07) is 0. The van der Waals surface area contributed by atoms with Gasteiger partial charge in [-0.05, 0) is 41.6 Å². The molecule has 1 aromatic heterocycles. The number of halogens is 1. The Morgan fingerprint density at radius 3 is 2.93 bits per heavy atom. The summed E-state index contributed by atoms with van der Waals surface area (Å²) in [4.78, 5) is 7.92. The molecule has 1 saturated carbocycles. The van der Waals surface area contributed by atoms with Crippen molar-refractivity contribution in [3.8, 4) is 5.88 Å². The number of hydrogen-bond acceptors (Lipinski definition) is 4. The SMILES string of the molecule is CC(Oc1nc(N)ncc1Br)C1CCC1. The van der Waals surface area contributed by atoms with Gasteiger partial charge in [-0.25, -0.2) is 4.98 Å². The summed E-state index contributed by atoms with van der Waals surface area (Å²) >= 11 is 3.34. The molecule has 0 radical (unpaired) electrons. The second-order valence-corrected chi connectivity index (χ2v) is 4.75. The summed E-state index contributed by atoms with van der Waals surface area (Å²) < 4.78 is 6.50. The molecule has 1 heterocycles. The summed E-state index contributed by atoms with van der Waals surface area (Å²) in [5.41, 5.74) is 5.50. The minimum Gasteiger partial charge on any atom is -0.473 e. The van der Waals surface area contributed by atoms with E-state index in [1.54, 1.807) is 6.20 Å². The molecule has 1 aromatic rings. The third kappa shape index (κ3) is 2.40. The van der Waals surface area contributed by atoms with Crippen LogP contribution in [0, 0.1) is 5.92 Å². The topological polar surface area (TPSA) is 61.0 Å². The van der Waals surface area contributed by atoms with Crippen molar-refractivity contribution in [3.05, 3.63) is 10.7 Å². The number of hydrogen-bond donors (Lipinski definition) is 1. The molecule has 0 amide bonds. The van der Waals surface area contributed by atoms with E-state index in [2.05, 4.69) is 32.8 Å². The fraction of sp³-hybridized carbons (Fsp3) is 0.600. The quantitative estimate of drug-likeness (QED) is 0.917. The highest BCUT2D eigenvalue weighted by Gasteiger charge is 2.26. The minimum atomic E-state index is 0.198. The van der Waals surface area contributed by atoms with Crippen LogP contribution >= 0.6 is 15.9 Å². The van der Waals surface area contributed by atoms with Gasteiger partial charge in [-0.1, -0.05) is 6.42 Å². The van der Waals surface area contributed by atoms with Gasteiger partial charge in [0.1, 0.15) is 6.10 Å². The van der Waals surface area contributed by atoms with E-state index < -0.39 is 0 Å². The van der Waals surface area contributed by atoms with Gasteiger partial charge in [0, 0.05) is 0 Å². The highest BCUT2D eigenvalue weighted by atomic mass is 79.9. The summed E-state index contributed by atoms with van der Waals surface area (Å²) in [6.07, 6.45) is 5.62. The zero-order valence-corrected chi connectivity index (χ0v) is 10.2. The number of nitrogens with zero attached hydrogens (tertiary/aromatic N) is 2. The monoisotopic (exact) mass is 271 g/mol. The van der Waals surface area contributed by atoms with Crippen LogP contribution in [0.2, 0.25) is 0 Å². The third-order valence-corrected chi connectivity index (χ3v) is 3.39. The fourth-order valence-electron chi connectivity index (χ4n) is 1.63. The Labute approximate surface area is 97.4 Å². The first-order valence-electron chi connectivity index (χ1n) is 5.11. The van der Waals surface area contributed by atoms with Crippen LogP contribution in [-0.2, 0) is 0 Å². The molecule has 1 unspecified atom stereocenters. The lowest BCUT2D eigenvalue weighted by Crippen LogP contribution is -2.29. The Hall–Kier alpha value is -0.840. The van der Waals surface area contributed by atoms with Crippen LogP contribution in [0.1, 0.15) is 26.2 Å². The van der Waals surface area contributed by atoms with Crippen molar-refractivity contribution in [2.45, 2.75) is 32.3 Å². The average Bonchev–Trinajstić information content (AvgIpc) is 2.08. The third-order valence-electron chi connectivity index (χ3n) is 2.84. The van der Waals surface area contributed by atoms with Crippen molar-refractivity contribution in [1.82, 2.24) is 9.97 Å². The number of aromatic nitrogens is 2. The predicted octanol–water partition coefficient (Wildman–Crippen LogP) is 2.39. The molecule has 15 heavy (non-hydrogen) atoms. The maximum Gasteiger partial charge on any atom is 0.233 e. The van der Waals surface area contributed by atoms with Crippen molar-refractivity contribution in [2.75, 3.05) is 5.73 Å². The van der Waals surface area contributed by atoms with Crippen LogP contribution < -0.4 is 10.5 Å². The number of ether oxygens (including phenoxy) is 1. The number of nitrogens with two attached hydrogens (primary N) is 1. The van der Waals surface area contributed by atoms with Gasteiger partial charge in [-0.3, -0.25) is 0 Å². The first-order chi connectivity index (χ1) is 7.16. The standard InChI is InChI=1S/C10H14BrN3O/c1-6(7-3-2-4-7)15-9-8(11)5-13-10(12)14-9/h5-7H,2-4H2,1H3,(H2,12,13,14). The number of nitrogen functional groups attached to an aromatic ring is 1. The van der Waals surface area contributed by atoms with Crippen LogP contribution in [-0.4, -0.2) is 16.1 Å². The molecule has 0 spiro atoms. The van der Waals surface area contributed by atoms with E-state index >= 15 is 0 Å². The molecule has 5 heteroatoms. The maximum absolute atomic E-state index is 5.75. The first kappa shape index (κ1) is 10.7. The van der Waals surface area contributed by atoms with Gasteiger partial charge in [-0.2, -0.15) is 4.98 Å². The Balaban J connectivity index is 2.05. The van der Waals surface area contributed by atoms with Crippen molar-refractivity contribution in [2.24, 2.45) is 5.92 Å². The van der Waals surface area contributed by atoms with Crippen LogP contribution in [0.5, 0.6) is 5.88 Å². The highest BCUT2D eigenvalue weighted by molar-refractivity contribution is 9.10. The van der Waals surface area contributed by atoms with E-state index in [0.29, 0.717) is 11.8 Å². The predicted molar refractivity (Wildman–Crippen MR) is 61.6 cm³/mol. The van der Waals surface area contributed by atoms with Crippen LogP contribution in [0.3, 0.4) is 0 Å². The van der Waals surface area contributed by atoms with E-state index in [0.717, 1.165) is 4.47 Å². The zero-order chi connectivity index (χ0) is 10.8. The van der Waals surface area contributed by atoms with Crippen molar-refractivity contribution in [3.63, 3.8) is 0 Å². The zero-order valence-electron chi connectivity index (χ0n) is 8.61. The molecule has 2 N–H and O–H groups in total. The normalized spacial score (nSPS) is 18.3. The molecule has 1 fully saturated rings. The van der Waals surface area contributed by atoms with Gasteiger partial charge in [0.05, 0.1) is 10.7 Å². The number of rotatable bonds is 3. The largest absolute Gasteiger partial charge is 0.473 e. The van der Waals surface area contributed by atoms with Crippen LogP contribution in [0.25, 0.3) is 0 Å². The van der Waals surface area contributed by atoms with Gasteiger partial charge in [-0.15, -0.1) is 0 Å². The molecule has 2 rings (SSSR count). The lowest BCUT2D eigenvalue weighted by molar-refractivity contribution is 0.0938. The second kappa shape index (κ2) is 4.35. The molecule has 4 nitrogen and oxygen atoms in total. The van der Waals surface area contributed by atoms with Gasteiger partial charge in [0.25, 0.3) is 0 Å². The summed E-state index contributed by atoms with van der Waals surface area (Å²) in [5.74, 6) is 1.45. The Kier molecular flexibility index (Phi) is 3.09. The van der Waals surface area contributed by atoms with E-state index in [-0.39, 0.29) is 12.1 Å². The summed E-state index contributed by atoms with van der Waals surface area (Å²) in [6.45, 7) is 2.08. The van der Waals surface area contributed by atoms with Gasteiger partial charge in [0.2, 0.25) is 11.8 Å². The minimum absolute atomic E-state index is 0.198. The van der Waals surface area contributed by atoms with Crippen molar-refractivity contribution in [1.29, 1.82) is 0 Å². The van der Waals surface area contributed by atoms with E-state index in [1.165, 1.54) is 19.3 Å². The van der Waals surface area contributed by atoms with Gasteiger partial charge < -0.3 is 10.5 Å². The average molecular weight is 272 g/mol. The van der Waals surface area contributed by atoms with E-state index in [9.17, 15) is 0 Å². The van der Waals surface area contributed by atoms with Gasteiger partial charge >= 0.3 is 0 Å². The second-order valence-electron chi connectivity index (χ2n) is 3.90. The smallest absolute Gasteiger partial charge is 0.233 e. The Morgan fingerprint density at radius 1 is 1.60 bits per heavy atom. The number of anilines is 1. The summed E-state index contributed by atoms with van der Waals surface area (Å²) in [5, 5.41) is 0. The molecule has 82 valence electrons. The molecule has 1 aliphatic carbocycles. The molecule has 0 aliphatic heterocycles. The molecule has 1 aliphatic rings. The maximum atomic E-state index is 5.75. The molecule has 0 bridgehead atoms. The molecule has 0 saturated heterocycles. The molecular weight excluding hydrogens is 258 g/mol. The van der Waals surface area contributed by atoms with Crippen molar-refractivity contribution < 1.29 is 4.74 Å².